The van der Waals surface area contributed by atoms with Gasteiger partial charge < -0.3 is 0 Å². The van der Waals surface area contributed by atoms with Gasteiger partial charge in [-0.05, 0) is 56.1 Å². The fourth-order valence-electron chi connectivity index (χ4n) is 3.35. The molecule has 1 aromatic rings. The molecule has 0 amide bonds. The van der Waals surface area contributed by atoms with Crippen LogP contribution in [0.5, 0.6) is 0 Å². The quantitative estimate of drug-likeness (QED) is 0.508. The summed E-state index contributed by atoms with van der Waals surface area (Å²) in [7, 11) is 0. The molecule has 1 heterocycles. The number of rotatable bonds is 8. The van der Waals surface area contributed by atoms with E-state index in [-0.39, 0.29) is 5.78 Å². The zero-order valence-electron chi connectivity index (χ0n) is 13.6. The molecule has 1 aromatic heterocycles. The van der Waals surface area contributed by atoms with Crippen molar-refractivity contribution in [3.63, 3.8) is 0 Å². The van der Waals surface area contributed by atoms with Gasteiger partial charge in [-0.15, -0.1) is 16.7 Å². The molecular formula is C18H27ClN2O. The molecule has 0 atom stereocenters. The summed E-state index contributed by atoms with van der Waals surface area (Å²) in [5, 5.41) is 8.25. The minimum Gasteiger partial charge on any atom is -0.292 e. The summed E-state index contributed by atoms with van der Waals surface area (Å²) in [5.41, 5.74) is 1.50. The van der Waals surface area contributed by atoms with Crippen molar-refractivity contribution in [1.82, 2.24) is 10.2 Å². The number of ketones is 1. The van der Waals surface area contributed by atoms with Crippen LogP contribution in [-0.4, -0.2) is 21.9 Å². The molecule has 0 radical (unpaired) electrons. The minimum absolute atomic E-state index is 0.153. The molecule has 3 nitrogen and oxygen atoms in total. The van der Waals surface area contributed by atoms with Crippen LogP contribution in [0.15, 0.2) is 12.1 Å². The lowest BCUT2D eigenvalue weighted by atomic mass is 9.78. The predicted octanol–water partition coefficient (Wildman–Crippen LogP) is 4.83. The SMILES string of the molecule is CCCc1ccc(C(=O)C[C@H]2CC[C@H](CCCCl)CC2)nn1. The molecule has 4 heteroatoms. The zero-order valence-corrected chi connectivity index (χ0v) is 14.3. The van der Waals surface area contributed by atoms with Crippen molar-refractivity contribution in [2.75, 3.05) is 5.88 Å². The van der Waals surface area contributed by atoms with E-state index in [4.69, 9.17) is 11.6 Å². The average molecular weight is 323 g/mol. The molecule has 1 fully saturated rings. The van der Waals surface area contributed by atoms with Crippen LogP contribution in [0.1, 0.15) is 74.5 Å². The molecule has 122 valence electrons. The summed E-state index contributed by atoms with van der Waals surface area (Å²) in [5.74, 6) is 2.26. The number of aryl methyl sites for hydroxylation is 1. The van der Waals surface area contributed by atoms with Gasteiger partial charge in [-0.1, -0.05) is 26.2 Å². The van der Waals surface area contributed by atoms with Gasteiger partial charge in [0.05, 0.1) is 5.69 Å². The van der Waals surface area contributed by atoms with E-state index in [1.165, 1.54) is 32.1 Å². The summed E-state index contributed by atoms with van der Waals surface area (Å²) in [6.45, 7) is 2.12. The summed E-state index contributed by atoms with van der Waals surface area (Å²) in [4.78, 5) is 12.3. The largest absolute Gasteiger partial charge is 0.292 e. The Balaban J connectivity index is 1.78. The first-order chi connectivity index (χ1) is 10.7. The maximum atomic E-state index is 12.3. The van der Waals surface area contributed by atoms with Crippen LogP contribution in [0.2, 0.25) is 0 Å². The van der Waals surface area contributed by atoms with E-state index in [1.54, 1.807) is 0 Å². The van der Waals surface area contributed by atoms with Crippen molar-refractivity contribution >= 4 is 17.4 Å². The third-order valence-electron chi connectivity index (χ3n) is 4.70. The summed E-state index contributed by atoms with van der Waals surface area (Å²) >= 11 is 5.76. The summed E-state index contributed by atoms with van der Waals surface area (Å²) in [6, 6.07) is 3.78. The van der Waals surface area contributed by atoms with Gasteiger partial charge in [-0.2, -0.15) is 5.10 Å². The molecule has 0 spiro atoms. The molecule has 1 aliphatic carbocycles. The van der Waals surface area contributed by atoms with Gasteiger partial charge in [0.25, 0.3) is 0 Å². The van der Waals surface area contributed by atoms with E-state index < -0.39 is 0 Å². The number of alkyl halides is 1. The van der Waals surface area contributed by atoms with Crippen LogP contribution in [-0.2, 0) is 6.42 Å². The smallest absolute Gasteiger partial charge is 0.183 e. The normalized spacial score (nSPS) is 21.7. The van der Waals surface area contributed by atoms with Gasteiger partial charge in [0, 0.05) is 12.3 Å². The Morgan fingerprint density at radius 1 is 1.18 bits per heavy atom. The van der Waals surface area contributed by atoms with Crippen molar-refractivity contribution in [2.45, 2.75) is 64.7 Å². The molecule has 1 aliphatic rings. The molecular weight excluding hydrogens is 296 g/mol. The molecule has 22 heavy (non-hydrogen) atoms. The van der Waals surface area contributed by atoms with Crippen molar-refractivity contribution in [3.8, 4) is 0 Å². The number of hydrogen-bond donors (Lipinski definition) is 0. The zero-order chi connectivity index (χ0) is 15.8. The Hall–Kier alpha value is -0.960. The van der Waals surface area contributed by atoms with Gasteiger partial charge in [0.2, 0.25) is 0 Å². The fraction of sp³-hybridized carbons (Fsp3) is 0.722. The highest BCUT2D eigenvalue weighted by atomic mass is 35.5. The number of aromatic nitrogens is 2. The van der Waals surface area contributed by atoms with E-state index >= 15 is 0 Å². The number of nitrogens with zero attached hydrogens (tertiary/aromatic N) is 2. The molecule has 0 saturated heterocycles. The Morgan fingerprint density at radius 2 is 1.91 bits per heavy atom. The number of halogens is 1. The van der Waals surface area contributed by atoms with Gasteiger partial charge in [0.1, 0.15) is 5.69 Å². The van der Waals surface area contributed by atoms with Crippen LogP contribution >= 0.6 is 11.6 Å². The summed E-state index contributed by atoms with van der Waals surface area (Å²) < 4.78 is 0. The number of carbonyl (C=O) groups excluding carboxylic acids is 1. The minimum atomic E-state index is 0.153. The number of hydrogen-bond acceptors (Lipinski definition) is 3. The Morgan fingerprint density at radius 3 is 2.50 bits per heavy atom. The molecule has 1 saturated carbocycles. The van der Waals surface area contributed by atoms with Gasteiger partial charge in [-0.3, -0.25) is 4.79 Å². The lowest BCUT2D eigenvalue weighted by molar-refractivity contribution is 0.0936. The van der Waals surface area contributed by atoms with E-state index in [9.17, 15) is 4.79 Å². The fourth-order valence-corrected chi connectivity index (χ4v) is 3.51. The monoisotopic (exact) mass is 322 g/mol. The second-order valence-electron chi connectivity index (χ2n) is 6.51. The average Bonchev–Trinajstić information content (AvgIpc) is 2.55. The molecule has 0 aromatic carbocycles. The van der Waals surface area contributed by atoms with E-state index in [0.29, 0.717) is 18.0 Å². The van der Waals surface area contributed by atoms with Crippen molar-refractivity contribution in [1.29, 1.82) is 0 Å². The number of Topliss-reactive ketones (excluding diaryl/α,β-unsaturated/α-hetero) is 1. The van der Waals surface area contributed by atoms with Crippen LogP contribution in [0.4, 0.5) is 0 Å². The highest BCUT2D eigenvalue weighted by Gasteiger charge is 2.23. The third kappa shape index (κ3) is 5.35. The second kappa shape index (κ2) is 9.24. The predicted molar refractivity (Wildman–Crippen MR) is 90.4 cm³/mol. The molecule has 0 aliphatic heterocycles. The molecule has 2 rings (SSSR count). The molecule has 0 N–H and O–H groups in total. The van der Waals surface area contributed by atoms with Crippen molar-refractivity contribution < 1.29 is 4.79 Å². The lowest BCUT2D eigenvalue weighted by Gasteiger charge is -2.27. The van der Waals surface area contributed by atoms with Crippen LogP contribution in [0.25, 0.3) is 0 Å². The van der Waals surface area contributed by atoms with Gasteiger partial charge in [0.15, 0.2) is 5.78 Å². The first-order valence-electron chi connectivity index (χ1n) is 8.64. The van der Waals surface area contributed by atoms with Crippen molar-refractivity contribution in [2.24, 2.45) is 11.8 Å². The van der Waals surface area contributed by atoms with E-state index in [0.717, 1.165) is 36.8 Å². The third-order valence-corrected chi connectivity index (χ3v) is 4.97. The maximum Gasteiger partial charge on any atom is 0.183 e. The standard InChI is InChI=1S/C18H27ClN2O/c1-2-4-16-10-11-17(21-20-16)18(22)13-15-8-6-14(7-9-15)5-3-12-19/h10-11,14-15H,2-9,12-13H2,1H3/t14-,15-. The van der Waals surface area contributed by atoms with Crippen LogP contribution in [0.3, 0.4) is 0 Å². The number of carbonyl (C=O) groups is 1. The van der Waals surface area contributed by atoms with E-state index in [2.05, 4.69) is 17.1 Å². The highest BCUT2D eigenvalue weighted by molar-refractivity contribution is 6.17. The van der Waals surface area contributed by atoms with Crippen molar-refractivity contribution in [3.05, 3.63) is 23.5 Å². The summed E-state index contributed by atoms with van der Waals surface area (Å²) in [6.07, 6.45) is 9.79. The Kier molecular flexibility index (Phi) is 7.31. The van der Waals surface area contributed by atoms with Crippen LogP contribution in [0, 0.1) is 11.8 Å². The molecule has 0 unspecified atom stereocenters. The first-order valence-corrected chi connectivity index (χ1v) is 9.18. The Labute approximate surface area is 138 Å². The maximum absolute atomic E-state index is 12.3. The highest BCUT2D eigenvalue weighted by Crippen LogP contribution is 2.33. The van der Waals surface area contributed by atoms with Gasteiger partial charge >= 0.3 is 0 Å². The van der Waals surface area contributed by atoms with E-state index in [1.807, 2.05) is 12.1 Å². The second-order valence-corrected chi connectivity index (χ2v) is 6.88. The molecule has 0 bridgehead atoms. The van der Waals surface area contributed by atoms with Gasteiger partial charge in [-0.25, -0.2) is 0 Å². The topological polar surface area (TPSA) is 42.9 Å². The van der Waals surface area contributed by atoms with Crippen LogP contribution < -0.4 is 0 Å². The first kappa shape index (κ1) is 17.4. The lowest BCUT2D eigenvalue weighted by Crippen LogP contribution is -2.18. The Bertz CT molecular complexity index is 453.